The van der Waals surface area contributed by atoms with Gasteiger partial charge in [0.15, 0.2) is 0 Å². The number of rotatable bonds is 3. The fourth-order valence-corrected chi connectivity index (χ4v) is 4.58. The molecule has 7 heteroatoms. The van der Waals surface area contributed by atoms with Crippen LogP contribution in [0.4, 0.5) is 10.6 Å². The number of nitrogens with zero attached hydrogens (tertiary/aromatic N) is 4. The molecule has 0 unspecified atom stereocenters. The van der Waals surface area contributed by atoms with Crippen molar-refractivity contribution in [2.45, 2.75) is 44.6 Å². The number of piperidine rings is 2. The summed E-state index contributed by atoms with van der Waals surface area (Å²) in [4.78, 5) is 35.8. The molecule has 0 bridgehead atoms. The van der Waals surface area contributed by atoms with E-state index in [0.29, 0.717) is 19.0 Å². The van der Waals surface area contributed by atoms with Crippen LogP contribution >= 0.6 is 0 Å². The van der Waals surface area contributed by atoms with Crippen molar-refractivity contribution in [1.82, 2.24) is 20.1 Å². The maximum atomic E-state index is 12.6. The van der Waals surface area contributed by atoms with Gasteiger partial charge in [0.2, 0.25) is 5.91 Å². The minimum absolute atomic E-state index is 0.0309. The summed E-state index contributed by atoms with van der Waals surface area (Å²) in [5, 5.41) is 3.20. The lowest BCUT2D eigenvalue weighted by Gasteiger charge is -2.36. The summed E-state index contributed by atoms with van der Waals surface area (Å²) in [7, 11) is 0. The van der Waals surface area contributed by atoms with E-state index in [9.17, 15) is 9.59 Å². The van der Waals surface area contributed by atoms with Gasteiger partial charge in [-0.1, -0.05) is 6.07 Å². The highest BCUT2D eigenvalue weighted by molar-refractivity contribution is 5.80. The van der Waals surface area contributed by atoms with Crippen molar-refractivity contribution < 1.29 is 9.59 Å². The molecule has 1 N–H and O–H groups in total. The third kappa shape index (κ3) is 4.39. The second-order valence-corrected chi connectivity index (χ2v) is 8.19. The summed E-state index contributed by atoms with van der Waals surface area (Å²) in [5.41, 5.74) is 0. The van der Waals surface area contributed by atoms with Crippen LogP contribution in [-0.4, -0.2) is 72.0 Å². The Balaban J connectivity index is 1.19. The number of likely N-dealkylation sites (tertiary alicyclic amines) is 2. The average molecular weight is 386 g/mol. The van der Waals surface area contributed by atoms with Crippen LogP contribution in [0, 0.1) is 5.92 Å². The Labute approximate surface area is 167 Å². The Hall–Kier alpha value is -2.31. The van der Waals surface area contributed by atoms with Crippen LogP contribution in [0.3, 0.4) is 0 Å². The molecule has 7 nitrogen and oxygen atoms in total. The first kappa shape index (κ1) is 19.0. The Bertz CT molecular complexity index is 661. The third-order valence-electron chi connectivity index (χ3n) is 6.34. The summed E-state index contributed by atoms with van der Waals surface area (Å²) in [6.45, 7) is 5.02. The van der Waals surface area contributed by atoms with Crippen LogP contribution < -0.4 is 10.2 Å². The molecule has 0 saturated carbocycles. The average Bonchev–Trinajstić information content (AvgIpc) is 3.29. The van der Waals surface area contributed by atoms with Crippen LogP contribution in [0.25, 0.3) is 0 Å². The van der Waals surface area contributed by atoms with Crippen molar-refractivity contribution in [3.8, 4) is 0 Å². The van der Waals surface area contributed by atoms with Crippen molar-refractivity contribution in [1.29, 1.82) is 0 Å². The normalized spacial score (nSPS) is 21.8. The van der Waals surface area contributed by atoms with Gasteiger partial charge in [-0.2, -0.15) is 0 Å². The molecule has 3 aliphatic rings. The van der Waals surface area contributed by atoms with Crippen molar-refractivity contribution in [2.75, 3.05) is 44.2 Å². The predicted octanol–water partition coefficient (Wildman–Crippen LogP) is 2.09. The monoisotopic (exact) mass is 385 g/mol. The first-order chi connectivity index (χ1) is 13.7. The second kappa shape index (κ2) is 8.80. The van der Waals surface area contributed by atoms with E-state index in [1.54, 1.807) is 0 Å². The minimum atomic E-state index is 0.0309. The minimum Gasteiger partial charge on any atom is -0.356 e. The summed E-state index contributed by atoms with van der Waals surface area (Å²) in [6, 6.07) is 6.22. The van der Waals surface area contributed by atoms with Gasteiger partial charge in [0.1, 0.15) is 5.82 Å². The van der Waals surface area contributed by atoms with Gasteiger partial charge in [0.25, 0.3) is 0 Å². The number of aromatic nitrogens is 1. The molecule has 28 heavy (non-hydrogen) atoms. The molecular formula is C21H31N5O2. The van der Waals surface area contributed by atoms with E-state index in [-0.39, 0.29) is 18.0 Å². The van der Waals surface area contributed by atoms with Crippen LogP contribution in [0.5, 0.6) is 0 Å². The van der Waals surface area contributed by atoms with Crippen LogP contribution in [0.15, 0.2) is 24.4 Å². The van der Waals surface area contributed by atoms with Gasteiger partial charge in [-0.3, -0.25) is 4.79 Å². The van der Waals surface area contributed by atoms with Gasteiger partial charge in [-0.05, 0) is 50.7 Å². The molecule has 3 amide bonds. The molecule has 0 aliphatic carbocycles. The van der Waals surface area contributed by atoms with E-state index in [1.807, 2.05) is 34.2 Å². The molecule has 1 aromatic heterocycles. The quantitative estimate of drug-likeness (QED) is 0.865. The van der Waals surface area contributed by atoms with Gasteiger partial charge in [-0.15, -0.1) is 0 Å². The summed E-state index contributed by atoms with van der Waals surface area (Å²) in [5.74, 6) is 1.42. The Morgan fingerprint density at radius 1 is 0.893 bits per heavy atom. The van der Waals surface area contributed by atoms with E-state index >= 15 is 0 Å². The fourth-order valence-electron chi connectivity index (χ4n) is 4.58. The number of anilines is 1. The predicted molar refractivity (Wildman–Crippen MR) is 108 cm³/mol. The molecule has 3 aliphatic heterocycles. The maximum Gasteiger partial charge on any atom is 0.317 e. The molecule has 152 valence electrons. The van der Waals surface area contributed by atoms with Crippen LogP contribution in [-0.2, 0) is 4.79 Å². The summed E-state index contributed by atoms with van der Waals surface area (Å²) < 4.78 is 0. The first-order valence-electron chi connectivity index (χ1n) is 10.7. The second-order valence-electron chi connectivity index (χ2n) is 8.19. The molecule has 4 rings (SSSR count). The van der Waals surface area contributed by atoms with Crippen LogP contribution in [0.1, 0.15) is 38.5 Å². The standard InChI is InChI=1S/C21H31N5O2/c27-20(25-11-3-4-12-25)17-6-13-26(14-7-17)21(28)23-18-8-15-24(16-9-18)19-5-1-2-10-22-19/h1-2,5,10,17-18H,3-4,6-9,11-16H2,(H,23,28). The molecule has 0 spiro atoms. The molecule has 0 aromatic carbocycles. The largest absolute Gasteiger partial charge is 0.356 e. The topological polar surface area (TPSA) is 68.8 Å². The lowest BCUT2D eigenvalue weighted by molar-refractivity contribution is -0.135. The number of urea groups is 1. The van der Waals surface area contributed by atoms with Gasteiger partial charge in [0.05, 0.1) is 0 Å². The van der Waals surface area contributed by atoms with Gasteiger partial charge in [0, 0.05) is 57.4 Å². The zero-order valence-corrected chi connectivity index (χ0v) is 16.6. The van der Waals surface area contributed by atoms with Crippen molar-refractivity contribution in [2.24, 2.45) is 5.92 Å². The number of amides is 3. The lowest BCUT2D eigenvalue weighted by Crippen LogP contribution is -2.52. The molecule has 3 saturated heterocycles. The van der Waals surface area contributed by atoms with Gasteiger partial charge in [-0.25, -0.2) is 9.78 Å². The molecule has 4 heterocycles. The number of hydrogen-bond acceptors (Lipinski definition) is 4. The zero-order chi connectivity index (χ0) is 19.3. The third-order valence-corrected chi connectivity index (χ3v) is 6.34. The fraction of sp³-hybridized carbons (Fsp3) is 0.667. The van der Waals surface area contributed by atoms with Gasteiger partial charge < -0.3 is 20.0 Å². The number of hydrogen-bond donors (Lipinski definition) is 1. The smallest absolute Gasteiger partial charge is 0.317 e. The van der Waals surface area contributed by atoms with Gasteiger partial charge >= 0.3 is 6.03 Å². The SMILES string of the molecule is O=C(NC1CCN(c2ccccn2)CC1)N1CCC(C(=O)N2CCCC2)CC1. The Kier molecular flexibility index (Phi) is 5.98. The summed E-state index contributed by atoms with van der Waals surface area (Å²) in [6.07, 6.45) is 7.54. The number of carbonyl (C=O) groups is 2. The molecule has 0 radical (unpaired) electrons. The summed E-state index contributed by atoms with van der Waals surface area (Å²) >= 11 is 0. The van der Waals surface area contributed by atoms with E-state index in [4.69, 9.17) is 0 Å². The van der Waals surface area contributed by atoms with E-state index in [2.05, 4.69) is 15.2 Å². The van der Waals surface area contributed by atoms with E-state index in [0.717, 1.165) is 70.5 Å². The van der Waals surface area contributed by atoms with E-state index in [1.165, 1.54) is 0 Å². The molecular weight excluding hydrogens is 354 g/mol. The highest BCUT2D eigenvalue weighted by atomic mass is 16.2. The Morgan fingerprint density at radius 3 is 2.25 bits per heavy atom. The Morgan fingerprint density at radius 2 is 1.61 bits per heavy atom. The maximum absolute atomic E-state index is 12.6. The number of pyridine rings is 1. The number of nitrogens with one attached hydrogen (secondary N) is 1. The van der Waals surface area contributed by atoms with E-state index < -0.39 is 0 Å². The van der Waals surface area contributed by atoms with Crippen LogP contribution in [0.2, 0.25) is 0 Å². The number of carbonyl (C=O) groups excluding carboxylic acids is 2. The lowest BCUT2D eigenvalue weighted by atomic mass is 9.95. The van der Waals surface area contributed by atoms with Crippen molar-refractivity contribution >= 4 is 17.8 Å². The molecule has 3 fully saturated rings. The first-order valence-corrected chi connectivity index (χ1v) is 10.7. The highest BCUT2D eigenvalue weighted by Gasteiger charge is 2.32. The molecule has 1 aromatic rings. The highest BCUT2D eigenvalue weighted by Crippen LogP contribution is 2.23. The van der Waals surface area contributed by atoms with Crippen molar-refractivity contribution in [3.05, 3.63) is 24.4 Å². The zero-order valence-electron chi connectivity index (χ0n) is 16.6. The van der Waals surface area contributed by atoms with Crippen molar-refractivity contribution in [3.63, 3.8) is 0 Å². The molecule has 0 atom stereocenters.